The molecule has 0 bridgehead atoms. The lowest BCUT2D eigenvalue weighted by molar-refractivity contribution is 0.422. The fourth-order valence-corrected chi connectivity index (χ4v) is 2.14. The standard InChI is InChI=1S/C13H14N4O/c1-17-7-8(6-15-17)12-5-9-11(16-12)4-3-10(14)13(9)18-2/h3-7,16H,14H2,1-2H3. The number of anilines is 1. The van der Waals surface area contributed by atoms with Crippen molar-refractivity contribution in [3.8, 4) is 17.0 Å². The van der Waals surface area contributed by atoms with Crippen LogP contribution in [-0.4, -0.2) is 21.9 Å². The molecule has 5 nitrogen and oxygen atoms in total. The van der Waals surface area contributed by atoms with E-state index >= 15 is 0 Å². The number of nitrogen functional groups attached to an aromatic ring is 1. The van der Waals surface area contributed by atoms with Crippen LogP contribution >= 0.6 is 0 Å². The number of nitrogens with one attached hydrogen (secondary N) is 1. The van der Waals surface area contributed by atoms with E-state index in [-0.39, 0.29) is 0 Å². The fourth-order valence-electron chi connectivity index (χ4n) is 2.14. The van der Waals surface area contributed by atoms with E-state index in [1.807, 2.05) is 37.6 Å². The zero-order valence-corrected chi connectivity index (χ0v) is 10.3. The first-order valence-electron chi connectivity index (χ1n) is 5.63. The van der Waals surface area contributed by atoms with Gasteiger partial charge < -0.3 is 15.5 Å². The number of hydrogen-bond acceptors (Lipinski definition) is 3. The summed E-state index contributed by atoms with van der Waals surface area (Å²) in [6.07, 6.45) is 3.78. The highest BCUT2D eigenvalue weighted by atomic mass is 16.5. The smallest absolute Gasteiger partial charge is 0.151 e. The molecular formula is C13H14N4O. The first kappa shape index (κ1) is 10.7. The Morgan fingerprint density at radius 2 is 2.22 bits per heavy atom. The number of aromatic amines is 1. The number of benzene rings is 1. The molecule has 0 aliphatic carbocycles. The Hall–Kier alpha value is -2.43. The molecule has 0 spiro atoms. The van der Waals surface area contributed by atoms with E-state index in [1.54, 1.807) is 11.8 Å². The Morgan fingerprint density at radius 1 is 1.39 bits per heavy atom. The molecule has 0 saturated heterocycles. The monoisotopic (exact) mass is 242 g/mol. The maximum atomic E-state index is 5.89. The first-order valence-corrected chi connectivity index (χ1v) is 5.63. The number of aromatic nitrogens is 3. The number of aryl methyl sites for hydroxylation is 1. The summed E-state index contributed by atoms with van der Waals surface area (Å²) < 4.78 is 7.12. The van der Waals surface area contributed by atoms with E-state index in [0.717, 1.165) is 22.2 Å². The number of nitrogens with zero attached hydrogens (tertiary/aromatic N) is 2. The predicted octanol–water partition coefficient (Wildman–Crippen LogP) is 2.16. The van der Waals surface area contributed by atoms with Crippen molar-refractivity contribution in [2.75, 3.05) is 12.8 Å². The molecule has 0 atom stereocenters. The van der Waals surface area contributed by atoms with Crippen molar-refractivity contribution in [1.82, 2.24) is 14.8 Å². The normalized spacial score (nSPS) is 11.0. The lowest BCUT2D eigenvalue weighted by Crippen LogP contribution is -1.91. The van der Waals surface area contributed by atoms with E-state index in [4.69, 9.17) is 10.5 Å². The molecule has 0 unspecified atom stereocenters. The Balaban J connectivity index is 2.22. The van der Waals surface area contributed by atoms with Gasteiger partial charge in [0, 0.05) is 35.4 Å². The molecule has 2 aromatic heterocycles. The van der Waals surface area contributed by atoms with E-state index in [2.05, 4.69) is 10.1 Å². The summed E-state index contributed by atoms with van der Waals surface area (Å²) in [6.45, 7) is 0. The molecule has 2 heterocycles. The number of rotatable bonds is 2. The van der Waals surface area contributed by atoms with Gasteiger partial charge in [-0.25, -0.2) is 0 Å². The Labute approximate surface area is 104 Å². The highest BCUT2D eigenvalue weighted by Crippen LogP contribution is 2.34. The van der Waals surface area contributed by atoms with Crippen molar-refractivity contribution in [3.05, 3.63) is 30.6 Å². The van der Waals surface area contributed by atoms with Gasteiger partial charge >= 0.3 is 0 Å². The number of methoxy groups -OCH3 is 1. The number of hydrogen-bond donors (Lipinski definition) is 2. The third-order valence-corrected chi connectivity index (χ3v) is 3.00. The van der Waals surface area contributed by atoms with E-state index in [1.165, 1.54) is 0 Å². The first-order chi connectivity index (χ1) is 8.69. The quantitative estimate of drug-likeness (QED) is 0.676. The van der Waals surface area contributed by atoms with Gasteiger partial charge in [0.25, 0.3) is 0 Å². The van der Waals surface area contributed by atoms with Crippen LogP contribution in [0.2, 0.25) is 0 Å². The van der Waals surface area contributed by atoms with Crippen molar-refractivity contribution in [3.63, 3.8) is 0 Å². The molecular weight excluding hydrogens is 228 g/mol. The Morgan fingerprint density at radius 3 is 2.89 bits per heavy atom. The van der Waals surface area contributed by atoms with Gasteiger partial charge in [-0.1, -0.05) is 0 Å². The van der Waals surface area contributed by atoms with Crippen molar-refractivity contribution < 1.29 is 4.74 Å². The summed E-state index contributed by atoms with van der Waals surface area (Å²) in [6, 6.07) is 5.82. The molecule has 18 heavy (non-hydrogen) atoms. The fraction of sp³-hybridized carbons (Fsp3) is 0.154. The third-order valence-electron chi connectivity index (χ3n) is 3.00. The van der Waals surface area contributed by atoms with Gasteiger partial charge in [-0.05, 0) is 18.2 Å². The maximum absolute atomic E-state index is 5.89. The van der Waals surface area contributed by atoms with Crippen molar-refractivity contribution in [1.29, 1.82) is 0 Å². The summed E-state index contributed by atoms with van der Waals surface area (Å²) in [7, 11) is 3.52. The topological polar surface area (TPSA) is 68.9 Å². The predicted molar refractivity (Wildman–Crippen MR) is 71.5 cm³/mol. The van der Waals surface area contributed by atoms with Gasteiger partial charge in [0.05, 0.1) is 19.0 Å². The van der Waals surface area contributed by atoms with Crippen molar-refractivity contribution >= 4 is 16.6 Å². The summed E-state index contributed by atoms with van der Waals surface area (Å²) in [5.74, 6) is 0.707. The summed E-state index contributed by atoms with van der Waals surface area (Å²) in [5, 5.41) is 5.15. The van der Waals surface area contributed by atoms with Crippen LogP contribution in [0, 0.1) is 0 Å². The number of nitrogens with two attached hydrogens (primary N) is 1. The summed E-state index contributed by atoms with van der Waals surface area (Å²) in [5.41, 5.74) is 9.57. The second kappa shape index (κ2) is 3.80. The molecule has 0 radical (unpaired) electrons. The number of fused-ring (bicyclic) bond motifs is 1. The van der Waals surface area contributed by atoms with Gasteiger partial charge in [-0.15, -0.1) is 0 Å². The second-order valence-electron chi connectivity index (χ2n) is 4.23. The van der Waals surface area contributed by atoms with Gasteiger partial charge in [-0.2, -0.15) is 5.10 Å². The van der Waals surface area contributed by atoms with Crippen LogP contribution in [0.15, 0.2) is 30.6 Å². The zero-order chi connectivity index (χ0) is 12.7. The number of ether oxygens (including phenoxy) is 1. The molecule has 5 heteroatoms. The van der Waals surface area contributed by atoms with Crippen LogP contribution in [0.25, 0.3) is 22.2 Å². The van der Waals surface area contributed by atoms with Crippen molar-refractivity contribution in [2.24, 2.45) is 7.05 Å². The molecule has 1 aromatic carbocycles. The minimum atomic E-state index is 0.640. The number of H-pyrrole nitrogens is 1. The third kappa shape index (κ3) is 1.52. The van der Waals surface area contributed by atoms with Crippen LogP contribution in [0.3, 0.4) is 0 Å². The minimum absolute atomic E-state index is 0.640. The molecule has 92 valence electrons. The molecule has 3 rings (SSSR count). The molecule has 0 fully saturated rings. The van der Waals surface area contributed by atoms with E-state index < -0.39 is 0 Å². The second-order valence-corrected chi connectivity index (χ2v) is 4.23. The summed E-state index contributed by atoms with van der Waals surface area (Å²) >= 11 is 0. The SMILES string of the molecule is COc1c(N)ccc2[nH]c(-c3cnn(C)c3)cc12. The van der Waals surface area contributed by atoms with Gasteiger partial charge in [0.15, 0.2) is 5.75 Å². The molecule has 0 saturated carbocycles. The highest BCUT2D eigenvalue weighted by molar-refractivity contribution is 5.94. The Bertz CT molecular complexity index is 711. The molecule has 0 aliphatic rings. The van der Waals surface area contributed by atoms with Crippen LogP contribution < -0.4 is 10.5 Å². The van der Waals surface area contributed by atoms with E-state index in [9.17, 15) is 0 Å². The molecule has 3 N–H and O–H groups in total. The largest absolute Gasteiger partial charge is 0.494 e. The minimum Gasteiger partial charge on any atom is -0.494 e. The van der Waals surface area contributed by atoms with Crippen LogP contribution in [0.5, 0.6) is 5.75 Å². The van der Waals surface area contributed by atoms with Crippen LogP contribution in [-0.2, 0) is 7.05 Å². The van der Waals surface area contributed by atoms with Crippen LogP contribution in [0.1, 0.15) is 0 Å². The van der Waals surface area contributed by atoms with Gasteiger partial charge in [0.2, 0.25) is 0 Å². The lowest BCUT2D eigenvalue weighted by atomic mass is 10.2. The Kier molecular flexibility index (Phi) is 2.26. The van der Waals surface area contributed by atoms with Crippen LogP contribution in [0.4, 0.5) is 5.69 Å². The summed E-state index contributed by atoms with van der Waals surface area (Å²) in [4.78, 5) is 3.34. The lowest BCUT2D eigenvalue weighted by Gasteiger charge is -2.04. The molecule has 3 aromatic rings. The molecule has 0 amide bonds. The average Bonchev–Trinajstić information content (AvgIpc) is 2.94. The average molecular weight is 242 g/mol. The zero-order valence-electron chi connectivity index (χ0n) is 10.3. The van der Waals surface area contributed by atoms with Gasteiger partial charge in [-0.3, -0.25) is 4.68 Å². The van der Waals surface area contributed by atoms with Gasteiger partial charge in [0.1, 0.15) is 0 Å². The maximum Gasteiger partial charge on any atom is 0.151 e. The van der Waals surface area contributed by atoms with Crippen molar-refractivity contribution in [2.45, 2.75) is 0 Å². The highest BCUT2D eigenvalue weighted by Gasteiger charge is 2.11. The molecule has 0 aliphatic heterocycles. The van der Waals surface area contributed by atoms with E-state index in [0.29, 0.717) is 11.4 Å².